The quantitative estimate of drug-likeness (QED) is 0.838. The van der Waals surface area contributed by atoms with Gasteiger partial charge in [0.15, 0.2) is 0 Å². The van der Waals surface area contributed by atoms with Crippen molar-refractivity contribution in [3.8, 4) is 5.75 Å². The topological polar surface area (TPSA) is 46.5 Å². The molecule has 1 aromatic rings. The second-order valence-electron chi connectivity index (χ2n) is 3.18. The van der Waals surface area contributed by atoms with Gasteiger partial charge in [0.2, 0.25) is 0 Å². The summed E-state index contributed by atoms with van der Waals surface area (Å²) in [5.74, 6) is 0.633. The molecule has 1 atom stereocenters. The number of aliphatic hydroxyl groups excluding tert-OH is 1. The van der Waals surface area contributed by atoms with E-state index < -0.39 is 6.10 Å². The summed E-state index contributed by atoms with van der Waals surface area (Å²) in [6.07, 6.45) is 0.974. The Morgan fingerprint density at radius 1 is 1.60 bits per heavy atom. The van der Waals surface area contributed by atoms with Crippen LogP contribution in [0.2, 0.25) is 0 Å². The minimum Gasteiger partial charge on any atom is -0.490 e. The molecule has 0 aliphatic carbocycles. The van der Waals surface area contributed by atoms with Crippen molar-refractivity contribution in [1.29, 1.82) is 0 Å². The standard InChI is InChI=1S/C11H13BrO3/c1-2-9(14)7-15-11-4-3-8(6-13)5-10(11)12/h3-6,9,14H,2,7H2,1H3. The van der Waals surface area contributed by atoms with Crippen molar-refractivity contribution < 1.29 is 14.6 Å². The van der Waals surface area contributed by atoms with Crippen molar-refractivity contribution in [1.82, 2.24) is 0 Å². The number of aldehydes is 1. The Hall–Kier alpha value is -0.870. The van der Waals surface area contributed by atoms with Gasteiger partial charge in [0, 0.05) is 5.56 Å². The molecule has 0 bridgehead atoms. The molecular weight excluding hydrogens is 260 g/mol. The zero-order valence-electron chi connectivity index (χ0n) is 8.44. The molecule has 1 N–H and O–H groups in total. The van der Waals surface area contributed by atoms with Crippen molar-refractivity contribution in [2.45, 2.75) is 19.4 Å². The summed E-state index contributed by atoms with van der Waals surface area (Å²) in [5.41, 5.74) is 0.588. The maximum Gasteiger partial charge on any atom is 0.150 e. The zero-order chi connectivity index (χ0) is 11.3. The molecule has 0 aliphatic rings. The highest BCUT2D eigenvalue weighted by atomic mass is 79.9. The fourth-order valence-corrected chi connectivity index (χ4v) is 1.52. The third kappa shape index (κ3) is 3.64. The molecule has 4 heteroatoms. The number of carbonyl (C=O) groups excluding carboxylic acids is 1. The molecule has 1 unspecified atom stereocenters. The molecule has 0 fully saturated rings. The molecular formula is C11H13BrO3. The average molecular weight is 273 g/mol. The van der Waals surface area contributed by atoms with Gasteiger partial charge in [-0.1, -0.05) is 6.92 Å². The lowest BCUT2D eigenvalue weighted by Gasteiger charge is -2.11. The normalized spacial score (nSPS) is 12.2. The lowest BCUT2D eigenvalue weighted by atomic mass is 10.2. The van der Waals surface area contributed by atoms with Crippen LogP contribution in [0.1, 0.15) is 23.7 Å². The Labute approximate surface area is 97.2 Å². The molecule has 0 spiro atoms. The van der Waals surface area contributed by atoms with Crippen molar-refractivity contribution in [3.05, 3.63) is 28.2 Å². The van der Waals surface area contributed by atoms with Crippen LogP contribution in [0.3, 0.4) is 0 Å². The van der Waals surface area contributed by atoms with E-state index in [1.54, 1.807) is 18.2 Å². The van der Waals surface area contributed by atoms with Crippen molar-refractivity contribution in [2.24, 2.45) is 0 Å². The molecule has 1 rings (SSSR count). The smallest absolute Gasteiger partial charge is 0.150 e. The summed E-state index contributed by atoms with van der Waals surface area (Å²) in [4.78, 5) is 10.5. The van der Waals surface area contributed by atoms with Crippen LogP contribution in [0.5, 0.6) is 5.75 Å². The van der Waals surface area contributed by atoms with Gasteiger partial charge in [-0.15, -0.1) is 0 Å². The first-order chi connectivity index (χ1) is 7.17. The van der Waals surface area contributed by atoms with Crippen LogP contribution in [0.25, 0.3) is 0 Å². The van der Waals surface area contributed by atoms with E-state index in [0.29, 0.717) is 17.7 Å². The maximum absolute atomic E-state index is 10.5. The third-order valence-electron chi connectivity index (χ3n) is 1.99. The molecule has 3 nitrogen and oxygen atoms in total. The van der Waals surface area contributed by atoms with Crippen LogP contribution in [0.4, 0.5) is 0 Å². The first kappa shape index (κ1) is 12.2. The number of benzene rings is 1. The molecule has 82 valence electrons. The monoisotopic (exact) mass is 272 g/mol. The number of rotatable bonds is 5. The Balaban J connectivity index is 2.65. The Morgan fingerprint density at radius 2 is 2.33 bits per heavy atom. The van der Waals surface area contributed by atoms with Crippen molar-refractivity contribution in [3.63, 3.8) is 0 Å². The van der Waals surface area contributed by atoms with E-state index in [-0.39, 0.29) is 6.61 Å². The van der Waals surface area contributed by atoms with E-state index in [1.165, 1.54) is 0 Å². The largest absolute Gasteiger partial charge is 0.490 e. The molecule has 0 aromatic heterocycles. The highest BCUT2D eigenvalue weighted by Gasteiger charge is 2.05. The van der Waals surface area contributed by atoms with Crippen LogP contribution in [-0.2, 0) is 0 Å². The van der Waals surface area contributed by atoms with E-state index >= 15 is 0 Å². The summed E-state index contributed by atoms with van der Waals surface area (Å²) in [7, 11) is 0. The first-order valence-electron chi connectivity index (χ1n) is 4.73. The van der Waals surface area contributed by atoms with Crippen LogP contribution in [0.15, 0.2) is 22.7 Å². The fraction of sp³-hybridized carbons (Fsp3) is 0.364. The first-order valence-corrected chi connectivity index (χ1v) is 5.52. The molecule has 0 heterocycles. The van der Waals surface area contributed by atoms with Gasteiger partial charge < -0.3 is 9.84 Å². The zero-order valence-corrected chi connectivity index (χ0v) is 10.0. The molecule has 0 saturated carbocycles. The van der Waals surface area contributed by atoms with Gasteiger partial charge in [0.1, 0.15) is 18.6 Å². The number of halogens is 1. The maximum atomic E-state index is 10.5. The number of carbonyl (C=O) groups is 1. The minimum atomic E-state index is -0.456. The lowest BCUT2D eigenvalue weighted by Crippen LogP contribution is -2.16. The highest BCUT2D eigenvalue weighted by Crippen LogP contribution is 2.25. The van der Waals surface area contributed by atoms with E-state index in [9.17, 15) is 9.90 Å². The second kappa shape index (κ2) is 5.88. The number of hydrogen-bond donors (Lipinski definition) is 1. The van der Waals surface area contributed by atoms with Crippen LogP contribution in [-0.4, -0.2) is 24.1 Å². The van der Waals surface area contributed by atoms with Crippen LogP contribution >= 0.6 is 15.9 Å². The summed E-state index contributed by atoms with van der Waals surface area (Å²) < 4.78 is 6.09. The molecule has 15 heavy (non-hydrogen) atoms. The van der Waals surface area contributed by atoms with Gasteiger partial charge in [-0.2, -0.15) is 0 Å². The molecule has 0 saturated heterocycles. The number of aliphatic hydroxyl groups is 1. The Morgan fingerprint density at radius 3 is 2.87 bits per heavy atom. The Bertz CT molecular complexity index is 339. The number of hydrogen-bond acceptors (Lipinski definition) is 3. The summed E-state index contributed by atoms with van der Waals surface area (Å²) in [5, 5.41) is 9.31. The van der Waals surface area contributed by atoms with E-state index in [4.69, 9.17) is 4.74 Å². The molecule has 1 aromatic carbocycles. The predicted octanol–water partition coefficient (Wildman–Crippen LogP) is 2.41. The summed E-state index contributed by atoms with van der Waals surface area (Å²) >= 11 is 3.29. The lowest BCUT2D eigenvalue weighted by molar-refractivity contribution is 0.104. The second-order valence-corrected chi connectivity index (χ2v) is 4.04. The van der Waals surface area contributed by atoms with Gasteiger partial charge >= 0.3 is 0 Å². The minimum absolute atomic E-state index is 0.259. The molecule has 0 amide bonds. The fourth-order valence-electron chi connectivity index (χ4n) is 1.01. The van der Waals surface area contributed by atoms with Crippen LogP contribution < -0.4 is 4.74 Å². The van der Waals surface area contributed by atoms with Gasteiger partial charge in [0.25, 0.3) is 0 Å². The highest BCUT2D eigenvalue weighted by molar-refractivity contribution is 9.10. The SMILES string of the molecule is CCC(O)COc1ccc(C=O)cc1Br. The third-order valence-corrected chi connectivity index (χ3v) is 2.61. The van der Waals surface area contributed by atoms with Crippen molar-refractivity contribution >= 4 is 22.2 Å². The van der Waals surface area contributed by atoms with Gasteiger partial charge in [-0.05, 0) is 40.5 Å². The summed E-state index contributed by atoms with van der Waals surface area (Å²) in [6, 6.07) is 5.06. The van der Waals surface area contributed by atoms with E-state index in [2.05, 4.69) is 15.9 Å². The number of ether oxygens (including phenoxy) is 1. The van der Waals surface area contributed by atoms with Gasteiger partial charge in [-0.25, -0.2) is 0 Å². The van der Waals surface area contributed by atoms with E-state index in [0.717, 1.165) is 10.8 Å². The summed E-state index contributed by atoms with van der Waals surface area (Å²) in [6.45, 7) is 2.15. The van der Waals surface area contributed by atoms with E-state index in [1.807, 2.05) is 6.92 Å². The molecule has 0 radical (unpaired) electrons. The Kier molecular flexibility index (Phi) is 4.78. The van der Waals surface area contributed by atoms with Crippen molar-refractivity contribution in [2.75, 3.05) is 6.61 Å². The average Bonchev–Trinajstić information content (AvgIpc) is 2.26. The van der Waals surface area contributed by atoms with Gasteiger partial charge in [-0.3, -0.25) is 4.79 Å². The van der Waals surface area contributed by atoms with Gasteiger partial charge in [0.05, 0.1) is 10.6 Å². The van der Waals surface area contributed by atoms with Crippen LogP contribution in [0, 0.1) is 0 Å². The molecule has 0 aliphatic heterocycles. The predicted molar refractivity (Wildman–Crippen MR) is 61.3 cm³/mol.